The third kappa shape index (κ3) is 5.32. The number of nitrogens with zero attached hydrogens (tertiary/aromatic N) is 5. The van der Waals surface area contributed by atoms with Crippen LogP contribution in [0, 0.1) is 6.92 Å². The minimum Gasteiger partial charge on any atom is -0.492 e. The number of carbonyl (C=O) groups is 3. The first-order valence-corrected chi connectivity index (χ1v) is 12.4. The van der Waals surface area contributed by atoms with E-state index in [4.69, 9.17) is 9.72 Å². The molecule has 1 atom stereocenters. The lowest BCUT2D eigenvalue weighted by Crippen LogP contribution is -2.34. The van der Waals surface area contributed by atoms with E-state index in [0.29, 0.717) is 60.1 Å². The van der Waals surface area contributed by atoms with Crippen molar-refractivity contribution in [3.63, 3.8) is 0 Å². The van der Waals surface area contributed by atoms with E-state index < -0.39 is 0 Å². The molecular weight excluding hydrogens is 472 g/mol. The molecule has 1 aliphatic rings. The van der Waals surface area contributed by atoms with Crippen molar-refractivity contribution >= 4 is 40.9 Å². The molecule has 3 aromatic rings. The number of imidazole rings is 1. The standard InChI is InChI=1S/C27H32N6O4/c1-5-23(35)32-14-8-7-9-20(16-32)33-24-21(10-11-22(37-6-2)25(24)31(4)17-34)29-27(33)30-26(36)19-12-13-28-18(3)15-19/h5,10-13,15,17,20H,1,6-9,14,16H2,2-4H3,(H,29,30,36). The fourth-order valence-electron chi connectivity index (χ4n) is 4.78. The van der Waals surface area contributed by atoms with E-state index in [2.05, 4.69) is 16.9 Å². The molecule has 10 heteroatoms. The molecule has 1 N–H and O–H groups in total. The highest BCUT2D eigenvalue weighted by molar-refractivity contribution is 6.05. The summed E-state index contributed by atoms with van der Waals surface area (Å²) in [5.74, 6) is 0.391. The molecule has 1 aromatic carbocycles. The zero-order chi connectivity index (χ0) is 26.5. The number of hydrogen-bond acceptors (Lipinski definition) is 6. The van der Waals surface area contributed by atoms with Gasteiger partial charge in [-0.25, -0.2) is 4.98 Å². The summed E-state index contributed by atoms with van der Waals surface area (Å²) in [6.45, 7) is 8.79. The van der Waals surface area contributed by atoms with Crippen LogP contribution in [0.25, 0.3) is 11.0 Å². The van der Waals surface area contributed by atoms with Crippen molar-refractivity contribution in [2.75, 3.05) is 37.0 Å². The number of carbonyl (C=O) groups excluding carboxylic acids is 3. The monoisotopic (exact) mass is 504 g/mol. The first-order chi connectivity index (χ1) is 17.9. The number of nitrogens with one attached hydrogen (secondary N) is 1. The highest BCUT2D eigenvalue weighted by atomic mass is 16.5. The largest absolute Gasteiger partial charge is 0.492 e. The maximum absolute atomic E-state index is 13.2. The highest BCUT2D eigenvalue weighted by Gasteiger charge is 2.29. The lowest BCUT2D eigenvalue weighted by molar-refractivity contribution is -0.126. The summed E-state index contributed by atoms with van der Waals surface area (Å²) in [4.78, 5) is 49.9. The van der Waals surface area contributed by atoms with Crippen LogP contribution in [0.5, 0.6) is 5.75 Å². The van der Waals surface area contributed by atoms with Crippen molar-refractivity contribution in [2.24, 2.45) is 0 Å². The molecule has 0 aliphatic carbocycles. The van der Waals surface area contributed by atoms with E-state index in [0.717, 1.165) is 25.0 Å². The predicted molar refractivity (Wildman–Crippen MR) is 142 cm³/mol. The zero-order valence-electron chi connectivity index (χ0n) is 21.4. The highest BCUT2D eigenvalue weighted by Crippen LogP contribution is 2.40. The van der Waals surface area contributed by atoms with Gasteiger partial charge in [0, 0.05) is 37.6 Å². The molecule has 3 heterocycles. The van der Waals surface area contributed by atoms with Crippen LogP contribution in [0.3, 0.4) is 0 Å². The lowest BCUT2D eigenvalue weighted by atomic mass is 10.1. The average molecular weight is 505 g/mol. The van der Waals surface area contributed by atoms with Gasteiger partial charge in [0.1, 0.15) is 11.4 Å². The Kier molecular flexibility index (Phi) is 7.86. The number of aryl methyl sites for hydroxylation is 1. The van der Waals surface area contributed by atoms with Gasteiger partial charge >= 0.3 is 0 Å². The SMILES string of the molecule is C=CC(=O)N1CCCCC(n2c(NC(=O)c3ccnc(C)c3)nc3ccc(OCC)c(N(C)C=O)c32)C1. The Balaban J connectivity index is 1.91. The van der Waals surface area contributed by atoms with Crippen LogP contribution >= 0.6 is 0 Å². The molecule has 1 fully saturated rings. The van der Waals surface area contributed by atoms with Crippen molar-refractivity contribution in [3.05, 3.63) is 54.4 Å². The van der Waals surface area contributed by atoms with Gasteiger partial charge in [-0.2, -0.15) is 0 Å². The van der Waals surface area contributed by atoms with Gasteiger partial charge in [0.05, 0.1) is 23.7 Å². The number of hydrogen-bond donors (Lipinski definition) is 1. The second-order valence-electron chi connectivity index (χ2n) is 9.01. The molecule has 4 rings (SSSR count). The Morgan fingerprint density at radius 3 is 2.81 bits per heavy atom. The molecule has 1 aliphatic heterocycles. The zero-order valence-corrected chi connectivity index (χ0v) is 21.4. The van der Waals surface area contributed by atoms with Crippen LogP contribution in [0.15, 0.2) is 43.1 Å². The van der Waals surface area contributed by atoms with Crippen LogP contribution < -0.4 is 15.0 Å². The van der Waals surface area contributed by atoms with Gasteiger partial charge in [-0.3, -0.25) is 24.7 Å². The van der Waals surface area contributed by atoms with E-state index in [-0.39, 0.29) is 17.9 Å². The molecule has 10 nitrogen and oxygen atoms in total. The molecule has 1 saturated heterocycles. The minimum atomic E-state index is -0.329. The molecule has 194 valence electrons. The normalized spacial score (nSPS) is 15.6. The summed E-state index contributed by atoms with van der Waals surface area (Å²) < 4.78 is 7.81. The Hall–Kier alpha value is -4.21. The van der Waals surface area contributed by atoms with Gasteiger partial charge < -0.3 is 19.1 Å². The molecule has 1 unspecified atom stereocenters. The maximum Gasteiger partial charge on any atom is 0.258 e. The molecule has 3 amide bonds. The summed E-state index contributed by atoms with van der Waals surface area (Å²) in [5.41, 5.74) is 2.97. The molecule has 37 heavy (non-hydrogen) atoms. The lowest BCUT2D eigenvalue weighted by Gasteiger charge is -2.27. The molecule has 0 saturated carbocycles. The van der Waals surface area contributed by atoms with Gasteiger partial charge in [0.25, 0.3) is 5.91 Å². The van der Waals surface area contributed by atoms with Crippen molar-refractivity contribution < 1.29 is 19.1 Å². The van der Waals surface area contributed by atoms with Crippen molar-refractivity contribution in [2.45, 2.75) is 39.2 Å². The van der Waals surface area contributed by atoms with Gasteiger partial charge in [-0.15, -0.1) is 0 Å². The summed E-state index contributed by atoms with van der Waals surface area (Å²) in [6.07, 6.45) is 6.11. The summed E-state index contributed by atoms with van der Waals surface area (Å²) in [5, 5.41) is 2.97. The Bertz CT molecular complexity index is 1330. The van der Waals surface area contributed by atoms with Crippen LogP contribution in [-0.4, -0.2) is 64.4 Å². The van der Waals surface area contributed by atoms with Crippen LogP contribution in [0.2, 0.25) is 0 Å². The van der Waals surface area contributed by atoms with E-state index in [1.54, 1.807) is 36.3 Å². The van der Waals surface area contributed by atoms with Crippen molar-refractivity contribution in [3.8, 4) is 5.75 Å². The number of rotatable bonds is 8. The average Bonchev–Trinajstić information content (AvgIpc) is 3.07. The van der Waals surface area contributed by atoms with Crippen molar-refractivity contribution in [1.29, 1.82) is 0 Å². The number of amides is 3. The summed E-state index contributed by atoms with van der Waals surface area (Å²) in [6, 6.07) is 6.73. The van der Waals surface area contributed by atoms with Gasteiger partial charge in [0.2, 0.25) is 18.3 Å². The topological polar surface area (TPSA) is 110 Å². The number of likely N-dealkylation sites (tertiary alicyclic amines) is 1. The maximum atomic E-state index is 13.2. The molecule has 0 spiro atoms. The van der Waals surface area contributed by atoms with Gasteiger partial charge in [0.15, 0.2) is 0 Å². The minimum absolute atomic E-state index is 0.144. The number of ether oxygens (including phenoxy) is 1. The summed E-state index contributed by atoms with van der Waals surface area (Å²) in [7, 11) is 1.65. The molecule has 0 bridgehead atoms. The third-order valence-electron chi connectivity index (χ3n) is 6.48. The van der Waals surface area contributed by atoms with Gasteiger partial charge in [-0.1, -0.05) is 6.58 Å². The molecule has 0 radical (unpaired) electrons. The van der Waals surface area contributed by atoms with Crippen LogP contribution in [0.4, 0.5) is 11.6 Å². The Labute approximate surface area is 215 Å². The Morgan fingerprint density at radius 1 is 1.30 bits per heavy atom. The third-order valence-corrected chi connectivity index (χ3v) is 6.48. The molecule has 2 aromatic heterocycles. The van der Waals surface area contributed by atoms with Gasteiger partial charge in [-0.05, 0) is 63.5 Å². The predicted octanol–water partition coefficient (Wildman–Crippen LogP) is 3.72. The van der Waals surface area contributed by atoms with Crippen LogP contribution in [0.1, 0.15) is 48.3 Å². The Morgan fingerprint density at radius 2 is 2.11 bits per heavy atom. The first-order valence-electron chi connectivity index (χ1n) is 12.4. The second-order valence-corrected chi connectivity index (χ2v) is 9.01. The van der Waals surface area contributed by atoms with Crippen LogP contribution in [-0.2, 0) is 9.59 Å². The molecular formula is C27H32N6O4. The second kappa shape index (κ2) is 11.2. The van der Waals surface area contributed by atoms with E-state index in [9.17, 15) is 14.4 Å². The number of fused-ring (bicyclic) bond motifs is 1. The first kappa shape index (κ1) is 25.9. The quantitative estimate of drug-likeness (QED) is 0.370. The summed E-state index contributed by atoms with van der Waals surface area (Å²) >= 11 is 0. The smallest absolute Gasteiger partial charge is 0.258 e. The number of aromatic nitrogens is 3. The number of benzene rings is 1. The van der Waals surface area contributed by atoms with E-state index in [1.165, 1.54) is 11.0 Å². The van der Waals surface area contributed by atoms with E-state index in [1.807, 2.05) is 24.5 Å². The van der Waals surface area contributed by atoms with E-state index >= 15 is 0 Å². The number of pyridine rings is 1. The fourth-order valence-corrected chi connectivity index (χ4v) is 4.78. The fraction of sp³-hybridized carbons (Fsp3) is 0.370. The number of anilines is 2. The van der Waals surface area contributed by atoms with Crippen molar-refractivity contribution in [1.82, 2.24) is 19.4 Å².